The molecule has 0 heterocycles. The zero-order valence-corrected chi connectivity index (χ0v) is 12.0. The zero-order valence-electron chi connectivity index (χ0n) is 12.0. The summed E-state index contributed by atoms with van der Waals surface area (Å²) in [6, 6.07) is 10.3. The van der Waals surface area contributed by atoms with Gasteiger partial charge in [0.1, 0.15) is 11.8 Å². The molecular formula is C17H19NO3. The molecule has 0 radical (unpaired) electrons. The van der Waals surface area contributed by atoms with E-state index in [1.165, 1.54) is 6.21 Å². The predicted molar refractivity (Wildman–Crippen MR) is 84.2 cm³/mol. The first-order valence-electron chi connectivity index (χ1n) is 7.10. The number of hydrogen-bond donors (Lipinski definition) is 2. The normalized spacial score (nSPS) is 12.8. The molecule has 2 rings (SSSR count). The van der Waals surface area contributed by atoms with Crippen molar-refractivity contribution in [3.63, 3.8) is 0 Å². The second-order valence-corrected chi connectivity index (χ2v) is 4.99. The van der Waals surface area contributed by atoms with Gasteiger partial charge in [-0.15, -0.1) is 0 Å². The highest BCUT2D eigenvalue weighted by Crippen LogP contribution is 2.25. The zero-order chi connectivity index (χ0) is 15.2. The number of carboxylic acids is 1. The number of phenols is 1. The maximum atomic E-state index is 11.2. The number of carboxylic acid groups (broad SMARTS) is 1. The first-order valence-corrected chi connectivity index (χ1v) is 7.10. The summed E-state index contributed by atoms with van der Waals surface area (Å²) in [5, 5.41) is 21.0. The Kier molecular flexibility index (Phi) is 4.93. The lowest BCUT2D eigenvalue weighted by molar-refractivity contribution is -0.138. The van der Waals surface area contributed by atoms with Crippen LogP contribution in [0.15, 0.2) is 41.4 Å². The molecule has 0 bridgehead atoms. The average molecular weight is 285 g/mol. The van der Waals surface area contributed by atoms with Crippen LogP contribution in [0.4, 0.5) is 0 Å². The summed E-state index contributed by atoms with van der Waals surface area (Å²) in [4.78, 5) is 15.4. The van der Waals surface area contributed by atoms with Crippen molar-refractivity contribution in [2.45, 2.75) is 32.2 Å². The van der Waals surface area contributed by atoms with Gasteiger partial charge >= 0.3 is 5.97 Å². The number of fused-ring (bicyclic) bond motifs is 1. The van der Waals surface area contributed by atoms with Crippen molar-refractivity contribution in [3.8, 4) is 5.75 Å². The van der Waals surface area contributed by atoms with E-state index in [0.29, 0.717) is 12.0 Å². The monoisotopic (exact) mass is 285 g/mol. The molecule has 1 unspecified atom stereocenters. The van der Waals surface area contributed by atoms with Crippen LogP contribution >= 0.6 is 0 Å². The van der Waals surface area contributed by atoms with Gasteiger partial charge in [-0.1, -0.05) is 50.1 Å². The Morgan fingerprint density at radius 2 is 2.05 bits per heavy atom. The maximum Gasteiger partial charge on any atom is 0.328 e. The molecule has 1 atom stereocenters. The van der Waals surface area contributed by atoms with Crippen molar-refractivity contribution in [2.75, 3.05) is 0 Å². The minimum absolute atomic E-state index is 0.108. The third kappa shape index (κ3) is 3.60. The summed E-state index contributed by atoms with van der Waals surface area (Å²) in [5.74, 6) is -0.823. The molecule has 2 N–H and O–H groups in total. The van der Waals surface area contributed by atoms with Gasteiger partial charge in [0, 0.05) is 11.8 Å². The van der Waals surface area contributed by atoms with Crippen molar-refractivity contribution in [3.05, 3.63) is 42.0 Å². The fraction of sp³-hybridized carbons (Fsp3) is 0.294. The molecule has 0 aliphatic heterocycles. The van der Waals surface area contributed by atoms with Crippen molar-refractivity contribution in [1.82, 2.24) is 0 Å². The first kappa shape index (κ1) is 15.0. The lowest BCUT2D eigenvalue weighted by Gasteiger charge is -2.08. The number of rotatable bonds is 6. The van der Waals surface area contributed by atoms with E-state index in [-0.39, 0.29) is 5.75 Å². The standard InChI is InChI=1S/C17H19NO3/c1-2-3-8-15(17(20)21)18-11-14-13-7-5-4-6-12(13)9-10-16(14)19/h4-7,9-11,15,19H,2-3,8H2,1H3,(H,20,21). The summed E-state index contributed by atoms with van der Waals surface area (Å²) < 4.78 is 0. The SMILES string of the molecule is CCCCC(N=Cc1c(O)ccc2ccccc12)C(=O)O. The summed E-state index contributed by atoms with van der Waals surface area (Å²) in [6.07, 6.45) is 3.73. The van der Waals surface area contributed by atoms with E-state index in [2.05, 4.69) is 4.99 Å². The fourth-order valence-electron chi connectivity index (χ4n) is 2.24. The summed E-state index contributed by atoms with van der Waals surface area (Å²) in [5.41, 5.74) is 0.566. The van der Waals surface area contributed by atoms with Crippen LogP contribution in [0.3, 0.4) is 0 Å². The van der Waals surface area contributed by atoms with E-state index in [1.54, 1.807) is 6.07 Å². The minimum atomic E-state index is -0.931. The number of aliphatic imine (C=N–C) groups is 1. The molecule has 0 aliphatic rings. The van der Waals surface area contributed by atoms with Gasteiger partial charge in [-0.3, -0.25) is 4.99 Å². The quantitative estimate of drug-likeness (QED) is 0.796. The van der Waals surface area contributed by atoms with Gasteiger partial charge in [0.05, 0.1) is 0 Å². The van der Waals surface area contributed by atoms with Gasteiger partial charge in [0.2, 0.25) is 0 Å². The lowest BCUT2D eigenvalue weighted by Crippen LogP contribution is -2.17. The summed E-state index contributed by atoms with van der Waals surface area (Å²) in [6.45, 7) is 2.01. The molecule has 0 aromatic heterocycles. The molecule has 0 fully saturated rings. The van der Waals surface area contributed by atoms with E-state index >= 15 is 0 Å². The molecule has 0 spiro atoms. The number of unbranched alkanes of at least 4 members (excludes halogenated alkanes) is 1. The third-order valence-corrected chi connectivity index (χ3v) is 3.45. The molecule has 110 valence electrons. The molecule has 21 heavy (non-hydrogen) atoms. The molecule has 2 aromatic carbocycles. The van der Waals surface area contributed by atoms with Crippen molar-refractivity contribution < 1.29 is 15.0 Å². The number of benzene rings is 2. The van der Waals surface area contributed by atoms with Crippen LogP contribution in [0.25, 0.3) is 10.8 Å². The molecule has 4 nitrogen and oxygen atoms in total. The fourth-order valence-corrected chi connectivity index (χ4v) is 2.24. The Morgan fingerprint density at radius 3 is 2.76 bits per heavy atom. The van der Waals surface area contributed by atoms with Crippen LogP contribution in [0.5, 0.6) is 5.75 Å². The van der Waals surface area contributed by atoms with E-state index in [1.807, 2.05) is 37.3 Å². The van der Waals surface area contributed by atoms with Gasteiger partial charge in [-0.2, -0.15) is 0 Å². The van der Waals surface area contributed by atoms with Crippen LogP contribution in [-0.2, 0) is 4.79 Å². The summed E-state index contributed by atoms with van der Waals surface area (Å²) >= 11 is 0. The third-order valence-electron chi connectivity index (χ3n) is 3.45. The van der Waals surface area contributed by atoms with Crippen LogP contribution in [0.2, 0.25) is 0 Å². The summed E-state index contributed by atoms with van der Waals surface area (Å²) in [7, 11) is 0. The van der Waals surface area contributed by atoms with Gasteiger partial charge in [0.25, 0.3) is 0 Å². The van der Waals surface area contributed by atoms with E-state index in [4.69, 9.17) is 0 Å². The van der Waals surface area contributed by atoms with Gasteiger partial charge in [-0.25, -0.2) is 4.79 Å². The van der Waals surface area contributed by atoms with Crippen LogP contribution in [0.1, 0.15) is 31.7 Å². The molecular weight excluding hydrogens is 266 g/mol. The predicted octanol–water partition coefficient (Wildman–Crippen LogP) is 3.61. The number of aliphatic carboxylic acids is 1. The molecule has 2 aromatic rings. The Hall–Kier alpha value is -2.36. The number of carbonyl (C=O) groups is 1. The largest absolute Gasteiger partial charge is 0.507 e. The average Bonchev–Trinajstić information content (AvgIpc) is 2.48. The maximum absolute atomic E-state index is 11.2. The van der Waals surface area contributed by atoms with Crippen molar-refractivity contribution >= 4 is 23.0 Å². The number of hydrogen-bond acceptors (Lipinski definition) is 3. The molecule has 4 heteroatoms. The molecule has 0 amide bonds. The lowest BCUT2D eigenvalue weighted by atomic mass is 10.0. The van der Waals surface area contributed by atoms with Crippen LogP contribution < -0.4 is 0 Å². The Bertz CT molecular complexity index is 664. The van der Waals surface area contributed by atoms with E-state index < -0.39 is 12.0 Å². The minimum Gasteiger partial charge on any atom is -0.507 e. The number of aromatic hydroxyl groups is 1. The van der Waals surface area contributed by atoms with Crippen LogP contribution in [-0.4, -0.2) is 28.4 Å². The Labute approximate surface area is 123 Å². The van der Waals surface area contributed by atoms with Crippen LogP contribution in [0, 0.1) is 0 Å². The van der Waals surface area contributed by atoms with Gasteiger partial charge < -0.3 is 10.2 Å². The Balaban J connectivity index is 2.35. The van der Waals surface area contributed by atoms with Gasteiger partial charge in [-0.05, 0) is 23.3 Å². The second-order valence-electron chi connectivity index (χ2n) is 4.99. The van der Waals surface area contributed by atoms with Gasteiger partial charge in [0.15, 0.2) is 0 Å². The smallest absolute Gasteiger partial charge is 0.328 e. The van der Waals surface area contributed by atoms with Crippen molar-refractivity contribution in [1.29, 1.82) is 0 Å². The second kappa shape index (κ2) is 6.88. The topological polar surface area (TPSA) is 69.9 Å². The molecule has 0 saturated heterocycles. The highest BCUT2D eigenvalue weighted by atomic mass is 16.4. The number of phenolic OH excluding ortho intramolecular Hbond substituents is 1. The highest BCUT2D eigenvalue weighted by Gasteiger charge is 2.14. The Morgan fingerprint density at radius 1 is 1.29 bits per heavy atom. The van der Waals surface area contributed by atoms with E-state index in [0.717, 1.165) is 23.6 Å². The molecule has 0 saturated carbocycles. The van der Waals surface area contributed by atoms with E-state index in [9.17, 15) is 15.0 Å². The molecule has 0 aliphatic carbocycles. The number of nitrogens with zero attached hydrogens (tertiary/aromatic N) is 1. The highest BCUT2D eigenvalue weighted by molar-refractivity contribution is 6.02. The van der Waals surface area contributed by atoms with Crippen molar-refractivity contribution in [2.24, 2.45) is 4.99 Å². The first-order chi connectivity index (χ1) is 10.1.